The number of nitriles is 1. The van der Waals surface area contributed by atoms with Crippen LogP contribution in [0.4, 0.5) is 0 Å². The fraction of sp³-hybridized carbons (Fsp3) is 0.667. The van der Waals surface area contributed by atoms with Crippen molar-refractivity contribution in [3.05, 3.63) is 35.9 Å². The monoisotopic (exact) mass is 339 g/mol. The van der Waals surface area contributed by atoms with Gasteiger partial charge in [-0.3, -0.25) is 9.80 Å². The molecule has 0 N–H and O–H groups in total. The molecule has 0 aromatic heterocycles. The predicted molar refractivity (Wildman–Crippen MR) is 97.9 cm³/mol. The Balaban J connectivity index is 1.40. The van der Waals surface area contributed by atoms with Gasteiger partial charge in [-0.1, -0.05) is 30.3 Å². The van der Waals surface area contributed by atoms with Crippen molar-refractivity contribution in [3.63, 3.8) is 0 Å². The zero-order valence-corrected chi connectivity index (χ0v) is 15.4. The highest BCUT2D eigenvalue weighted by atomic mass is 16.5. The van der Waals surface area contributed by atoms with Crippen molar-refractivity contribution < 1.29 is 4.74 Å². The van der Waals surface area contributed by atoms with Gasteiger partial charge in [0.2, 0.25) is 0 Å². The van der Waals surface area contributed by atoms with Crippen molar-refractivity contribution >= 4 is 0 Å². The molecule has 0 bridgehead atoms. The van der Waals surface area contributed by atoms with Crippen LogP contribution in [0.1, 0.15) is 32.3 Å². The lowest BCUT2D eigenvalue weighted by Gasteiger charge is -2.46. The maximum Gasteiger partial charge on any atom is 0.114 e. The standard InChI is InChI=1S/C21H29N3O/c1-20(2)15-21(16-22,8-9-25-20)24-13-18-11-23(12-19(18)14-24)10-17-6-4-3-5-7-17/h3-7,18-19H,8-15H2,1-2H3. The van der Waals surface area contributed by atoms with E-state index in [0.29, 0.717) is 18.4 Å². The molecule has 0 saturated carbocycles. The van der Waals surface area contributed by atoms with Gasteiger partial charge in [-0.2, -0.15) is 5.26 Å². The van der Waals surface area contributed by atoms with Crippen LogP contribution >= 0.6 is 0 Å². The molecule has 1 aromatic carbocycles. The first-order valence-corrected chi connectivity index (χ1v) is 9.56. The van der Waals surface area contributed by atoms with Crippen molar-refractivity contribution in [2.24, 2.45) is 11.8 Å². The molecule has 0 aliphatic carbocycles. The molecule has 4 nitrogen and oxygen atoms in total. The first-order valence-electron chi connectivity index (χ1n) is 9.56. The van der Waals surface area contributed by atoms with E-state index in [2.05, 4.69) is 60.0 Å². The summed E-state index contributed by atoms with van der Waals surface area (Å²) in [6.07, 6.45) is 1.67. The van der Waals surface area contributed by atoms with Crippen LogP contribution in [0.5, 0.6) is 0 Å². The van der Waals surface area contributed by atoms with Crippen LogP contribution in [0.2, 0.25) is 0 Å². The van der Waals surface area contributed by atoms with E-state index in [4.69, 9.17) is 4.74 Å². The van der Waals surface area contributed by atoms with Crippen LogP contribution in [0.15, 0.2) is 30.3 Å². The maximum absolute atomic E-state index is 9.99. The Hall–Kier alpha value is -1.41. The summed E-state index contributed by atoms with van der Waals surface area (Å²) in [5.41, 5.74) is 0.889. The minimum atomic E-state index is -0.323. The minimum Gasteiger partial charge on any atom is -0.375 e. The van der Waals surface area contributed by atoms with E-state index in [0.717, 1.165) is 45.6 Å². The Labute approximate surface area is 151 Å². The summed E-state index contributed by atoms with van der Waals surface area (Å²) in [5.74, 6) is 1.42. The number of hydrogen-bond donors (Lipinski definition) is 0. The van der Waals surface area contributed by atoms with Crippen LogP contribution in [0.3, 0.4) is 0 Å². The molecular formula is C21H29N3O. The normalized spacial score (nSPS) is 35.4. The third-order valence-electron chi connectivity index (χ3n) is 6.35. The van der Waals surface area contributed by atoms with Gasteiger partial charge >= 0.3 is 0 Å². The quantitative estimate of drug-likeness (QED) is 0.849. The van der Waals surface area contributed by atoms with Gasteiger partial charge in [0.05, 0.1) is 18.3 Å². The van der Waals surface area contributed by atoms with E-state index >= 15 is 0 Å². The van der Waals surface area contributed by atoms with Crippen LogP contribution in [0.25, 0.3) is 0 Å². The second kappa shape index (κ2) is 6.39. The summed E-state index contributed by atoms with van der Waals surface area (Å²) in [7, 11) is 0. The van der Waals surface area contributed by atoms with Gasteiger partial charge in [0.1, 0.15) is 5.54 Å². The molecule has 1 aromatic rings. The van der Waals surface area contributed by atoms with Gasteiger partial charge in [0, 0.05) is 45.6 Å². The fourth-order valence-corrected chi connectivity index (χ4v) is 5.19. The van der Waals surface area contributed by atoms with Crippen molar-refractivity contribution in [1.82, 2.24) is 9.80 Å². The molecule has 3 unspecified atom stereocenters. The Morgan fingerprint density at radius 3 is 2.40 bits per heavy atom. The maximum atomic E-state index is 9.99. The van der Waals surface area contributed by atoms with Crippen LogP contribution in [-0.2, 0) is 11.3 Å². The summed E-state index contributed by atoms with van der Waals surface area (Å²) in [4.78, 5) is 5.08. The molecule has 3 aliphatic rings. The van der Waals surface area contributed by atoms with Gasteiger partial charge in [0.25, 0.3) is 0 Å². The van der Waals surface area contributed by atoms with Gasteiger partial charge in [-0.05, 0) is 31.2 Å². The first kappa shape index (κ1) is 17.0. The first-order chi connectivity index (χ1) is 12.0. The largest absolute Gasteiger partial charge is 0.375 e. The fourth-order valence-electron chi connectivity index (χ4n) is 5.19. The number of rotatable bonds is 3. The highest BCUT2D eigenvalue weighted by Crippen LogP contribution is 2.42. The molecule has 25 heavy (non-hydrogen) atoms. The third-order valence-corrected chi connectivity index (χ3v) is 6.35. The SMILES string of the molecule is CC1(C)CC(C#N)(N2CC3CN(Cc4ccccc4)CC3C2)CCO1. The van der Waals surface area contributed by atoms with E-state index in [1.54, 1.807) is 0 Å². The number of nitrogens with zero attached hydrogens (tertiary/aromatic N) is 3. The smallest absolute Gasteiger partial charge is 0.114 e. The van der Waals surface area contributed by atoms with Crippen molar-refractivity contribution in [1.29, 1.82) is 5.26 Å². The topological polar surface area (TPSA) is 39.5 Å². The summed E-state index contributed by atoms with van der Waals surface area (Å²) in [6.45, 7) is 10.5. The zero-order valence-electron chi connectivity index (χ0n) is 15.4. The average molecular weight is 339 g/mol. The summed E-state index contributed by atoms with van der Waals surface area (Å²) in [5, 5.41) is 9.99. The number of benzene rings is 1. The molecule has 4 heteroatoms. The molecule has 3 fully saturated rings. The summed E-state index contributed by atoms with van der Waals surface area (Å²) in [6, 6.07) is 13.4. The third kappa shape index (κ3) is 3.33. The Morgan fingerprint density at radius 2 is 1.80 bits per heavy atom. The second-order valence-corrected chi connectivity index (χ2v) is 8.78. The van der Waals surface area contributed by atoms with E-state index in [1.807, 2.05) is 0 Å². The molecule has 0 amide bonds. The number of ether oxygens (including phenoxy) is 1. The van der Waals surface area contributed by atoms with Gasteiger partial charge in [-0.15, -0.1) is 0 Å². The molecular weight excluding hydrogens is 310 g/mol. The highest BCUT2D eigenvalue weighted by Gasteiger charge is 2.51. The van der Waals surface area contributed by atoms with E-state index in [-0.39, 0.29) is 11.1 Å². The Kier molecular flexibility index (Phi) is 4.35. The van der Waals surface area contributed by atoms with Crippen LogP contribution < -0.4 is 0 Å². The molecule has 0 radical (unpaired) electrons. The highest BCUT2D eigenvalue weighted by molar-refractivity contribution is 5.17. The van der Waals surface area contributed by atoms with Crippen LogP contribution in [0, 0.1) is 23.2 Å². The van der Waals surface area contributed by atoms with E-state index < -0.39 is 0 Å². The van der Waals surface area contributed by atoms with Crippen molar-refractivity contribution in [2.75, 3.05) is 32.8 Å². The molecule has 3 heterocycles. The van der Waals surface area contributed by atoms with Crippen molar-refractivity contribution in [2.45, 2.75) is 44.4 Å². The van der Waals surface area contributed by atoms with Crippen molar-refractivity contribution in [3.8, 4) is 6.07 Å². The average Bonchev–Trinajstić information content (AvgIpc) is 3.13. The van der Waals surface area contributed by atoms with Gasteiger partial charge in [-0.25, -0.2) is 0 Å². The Morgan fingerprint density at radius 1 is 1.12 bits per heavy atom. The lowest BCUT2D eigenvalue weighted by Crippen LogP contribution is -2.55. The molecule has 134 valence electrons. The predicted octanol–water partition coefficient (Wildman–Crippen LogP) is 2.90. The Bertz CT molecular complexity index is 639. The number of likely N-dealkylation sites (tertiary alicyclic amines) is 2. The van der Waals surface area contributed by atoms with Gasteiger partial charge < -0.3 is 4.74 Å². The second-order valence-electron chi connectivity index (χ2n) is 8.78. The lowest BCUT2D eigenvalue weighted by atomic mass is 9.81. The summed E-state index contributed by atoms with van der Waals surface area (Å²) >= 11 is 0. The number of fused-ring (bicyclic) bond motifs is 1. The van der Waals surface area contributed by atoms with Crippen LogP contribution in [-0.4, -0.2) is 53.7 Å². The lowest BCUT2D eigenvalue weighted by molar-refractivity contribution is -0.101. The molecule has 0 spiro atoms. The molecule has 4 rings (SSSR count). The zero-order chi connectivity index (χ0) is 17.5. The molecule has 3 saturated heterocycles. The van der Waals surface area contributed by atoms with E-state index in [1.165, 1.54) is 5.56 Å². The molecule has 3 atom stereocenters. The number of hydrogen-bond acceptors (Lipinski definition) is 4. The molecule has 3 aliphatic heterocycles. The summed E-state index contributed by atoms with van der Waals surface area (Å²) < 4.78 is 5.87. The van der Waals surface area contributed by atoms with Gasteiger partial charge in [0.15, 0.2) is 0 Å². The minimum absolute atomic E-state index is 0.189. The van der Waals surface area contributed by atoms with E-state index in [9.17, 15) is 5.26 Å².